The molecule has 160 valence electrons. The van der Waals surface area contributed by atoms with Gasteiger partial charge in [-0.05, 0) is 36.1 Å². The van der Waals surface area contributed by atoms with E-state index in [-0.39, 0.29) is 30.2 Å². The minimum absolute atomic E-state index is 0.0331. The Morgan fingerprint density at radius 3 is 2.61 bits per heavy atom. The van der Waals surface area contributed by atoms with E-state index in [1.54, 1.807) is 4.90 Å². The van der Waals surface area contributed by atoms with Crippen molar-refractivity contribution >= 4 is 11.8 Å². The van der Waals surface area contributed by atoms with Crippen LogP contribution in [0.3, 0.4) is 0 Å². The van der Waals surface area contributed by atoms with Gasteiger partial charge in [-0.1, -0.05) is 42.5 Å². The molecule has 1 aliphatic heterocycles. The first-order valence-corrected chi connectivity index (χ1v) is 10.4. The van der Waals surface area contributed by atoms with E-state index in [0.29, 0.717) is 25.4 Å². The molecule has 0 bridgehead atoms. The Morgan fingerprint density at radius 2 is 1.87 bits per heavy atom. The van der Waals surface area contributed by atoms with Gasteiger partial charge in [0.2, 0.25) is 11.8 Å². The molecule has 1 aromatic heterocycles. The third kappa shape index (κ3) is 5.00. The SMILES string of the molecule is O=C(Cc1ccccc1)NCc1ccc(-c2nc(C(=O)N3CCC[C@@H]3CO)co2)cc1. The Bertz CT molecular complexity index is 1030. The van der Waals surface area contributed by atoms with Crippen molar-refractivity contribution in [1.82, 2.24) is 15.2 Å². The molecule has 0 radical (unpaired) electrons. The molecule has 7 heteroatoms. The summed E-state index contributed by atoms with van der Waals surface area (Å²) in [6.07, 6.45) is 3.39. The molecule has 1 atom stereocenters. The number of nitrogens with zero attached hydrogens (tertiary/aromatic N) is 2. The molecule has 2 N–H and O–H groups in total. The lowest BCUT2D eigenvalue weighted by Crippen LogP contribution is -2.37. The summed E-state index contributed by atoms with van der Waals surface area (Å²) in [6, 6.07) is 17.0. The molecule has 1 saturated heterocycles. The number of hydrogen-bond donors (Lipinski definition) is 2. The highest BCUT2D eigenvalue weighted by molar-refractivity contribution is 5.92. The van der Waals surface area contributed by atoms with Crippen molar-refractivity contribution in [2.24, 2.45) is 0 Å². The maximum absolute atomic E-state index is 12.6. The van der Waals surface area contributed by atoms with Crippen LogP contribution in [0.25, 0.3) is 11.5 Å². The van der Waals surface area contributed by atoms with Crippen LogP contribution in [0.5, 0.6) is 0 Å². The largest absolute Gasteiger partial charge is 0.444 e. The van der Waals surface area contributed by atoms with Crippen molar-refractivity contribution in [2.45, 2.75) is 31.8 Å². The monoisotopic (exact) mass is 419 g/mol. The van der Waals surface area contributed by atoms with Gasteiger partial charge in [0.05, 0.1) is 19.1 Å². The van der Waals surface area contributed by atoms with E-state index in [2.05, 4.69) is 10.3 Å². The fourth-order valence-corrected chi connectivity index (χ4v) is 3.75. The molecule has 31 heavy (non-hydrogen) atoms. The second-order valence-corrected chi connectivity index (χ2v) is 7.65. The highest BCUT2D eigenvalue weighted by Gasteiger charge is 2.30. The molecule has 2 aromatic carbocycles. The van der Waals surface area contributed by atoms with E-state index in [0.717, 1.165) is 29.5 Å². The maximum Gasteiger partial charge on any atom is 0.276 e. The quantitative estimate of drug-likeness (QED) is 0.614. The summed E-state index contributed by atoms with van der Waals surface area (Å²) in [7, 11) is 0. The Hall–Kier alpha value is -3.45. The number of aliphatic hydroxyl groups is 1. The Morgan fingerprint density at radius 1 is 1.10 bits per heavy atom. The number of rotatable bonds is 7. The van der Waals surface area contributed by atoms with Crippen molar-refractivity contribution in [2.75, 3.05) is 13.2 Å². The van der Waals surface area contributed by atoms with Crippen LogP contribution >= 0.6 is 0 Å². The molecular weight excluding hydrogens is 394 g/mol. The van der Waals surface area contributed by atoms with E-state index in [9.17, 15) is 14.7 Å². The maximum atomic E-state index is 12.6. The molecule has 0 unspecified atom stereocenters. The summed E-state index contributed by atoms with van der Waals surface area (Å²) in [5, 5.41) is 12.3. The third-order valence-corrected chi connectivity index (χ3v) is 5.47. The number of aromatic nitrogens is 1. The first-order valence-electron chi connectivity index (χ1n) is 10.4. The molecule has 0 aliphatic carbocycles. The lowest BCUT2D eigenvalue weighted by atomic mass is 10.1. The van der Waals surface area contributed by atoms with Gasteiger partial charge in [-0.25, -0.2) is 4.98 Å². The fourth-order valence-electron chi connectivity index (χ4n) is 3.75. The molecular formula is C24H25N3O4. The van der Waals surface area contributed by atoms with Gasteiger partial charge in [0.25, 0.3) is 5.91 Å². The second-order valence-electron chi connectivity index (χ2n) is 7.65. The van der Waals surface area contributed by atoms with E-state index >= 15 is 0 Å². The van der Waals surface area contributed by atoms with Gasteiger partial charge < -0.3 is 19.7 Å². The van der Waals surface area contributed by atoms with Crippen molar-refractivity contribution in [1.29, 1.82) is 0 Å². The number of carbonyl (C=O) groups excluding carboxylic acids is 2. The Labute approximate surface area is 180 Å². The predicted molar refractivity (Wildman–Crippen MR) is 115 cm³/mol. The molecule has 3 aromatic rings. The van der Waals surface area contributed by atoms with Gasteiger partial charge in [-0.3, -0.25) is 9.59 Å². The minimum atomic E-state index is -0.218. The molecule has 1 aliphatic rings. The normalized spacial score (nSPS) is 15.8. The average molecular weight is 419 g/mol. The van der Waals surface area contributed by atoms with Crippen molar-refractivity contribution < 1.29 is 19.1 Å². The van der Waals surface area contributed by atoms with Crippen LogP contribution in [-0.4, -0.2) is 46.0 Å². The van der Waals surface area contributed by atoms with Crippen LogP contribution in [0.1, 0.15) is 34.5 Å². The predicted octanol–water partition coefficient (Wildman–Crippen LogP) is 2.80. The number of oxazole rings is 1. The van der Waals surface area contributed by atoms with Gasteiger partial charge in [0, 0.05) is 18.7 Å². The zero-order valence-electron chi connectivity index (χ0n) is 17.2. The van der Waals surface area contributed by atoms with Crippen molar-refractivity contribution in [3.63, 3.8) is 0 Å². The van der Waals surface area contributed by atoms with E-state index in [1.807, 2.05) is 54.6 Å². The minimum Gasteiger partial charge on any atom is -0.444 e. The lowest BCUT2D eigenvalue weighted by molar-refractivity contribution is -0.120. The number of likely N-dealkylation sites (tertiary alicyclic amines) is 1. The van der Waals surface area contributed by atoms with Gasteiger partial charge in [-0.15, -0.1) is 0 Å². The number of carbonyl (C=O) groups is 2. The highest BCUT2D eigenvalue weighted by atomic mass is 16.3. The van der Waals surface area contributed by atoms with E-state index in [4.69, 9.17) is 4.42 Å². The zero-order chi connectivity index (χ0) is 21.6. The van der Waals surface area contributed by atoms with Crippen molar-refractivity contribution in [3.05, 3.63) is 77.7 Å². The molecule has 7 nitrogen and oxygen atoms in total. The van der Waals surface area contributed by atoms with Crippen LogP contribution in [0, 0.1) is 0 Å². The topological polar surface area (TPSA) is 95.7 Å². The van der Waals surface area contributed by atoms with E-state index in [1.165, 1.54) is 6.26 Å². The van der Waals surface area contributed by atoms with E-state index < -0.39 is 0 Å². The molecule has 0 spiro atoms. The molecule has 2 amide bonds. The summed E-state index contributed by atoms with van der Waals surface area (Å²) in [5.74, 6) is 0.112. The Balaban J connectivity index is 1.34. The van der Waals surface area contributed by atoms with Gasteiger partial charge in [-0.2, -0.15) is 0 Å². The van der Waals surface area contributed by atoms with Crippen LogP contribution in [-0.2, 0) is 17.8 Å². The van der Waals surface area contributed by atoms with Crippen LogP contribution in [0.15, 0.2) is 65.3 Å². The van der Waals surface area contributed by atoms with Crippen molar-refractivity contribution in [3.8, 4) is 11.5 Å². The first kappa shape index (κ1) is 20.8. The smallest absolute Gasteiger partial charge is 0.276 e. The molecule has 0 saturated carbocycles. The molecule has 1 fully saturated rings. The average Bonchev–Trinajstić information content (AvgIpc) is 3.48. The standard InChI is InChI=1S/C24H25N3O4/c28-15-20-7-4-12-27(20)24(30)21-16-31-23(26-21)19-10-8-18(9-11-19)14-25-22(29)13-17-5-2-1-3-6-17/h1-3,5-6,8-11,16,20,28H,4,7,12-15H2,(H,25,29)/t20-/m1/s1. The summed E-state index contributed by atoms with van der Waals surface area (Å²) in [5.41, 5.74) is 2.92. The Kier molecular flexibility index (Phi) is 6.43. The fraction of sp³-hybridized carbons (Fsp3) is 0.292. The number of nitrogens with one attached hydrogen (secondary N) is 1. The zero-order valence-corrected chi connectivity index (χ0v) is 17.2. The number of amides is 2. The second kappa shape index (κ2) is 9.57. The van der Waals surface area contributed by atoms with Gasteiger partial charge in [0.15, 0.2) is 5.69 Å². The molecule has 4 rings (SSSR count). The highest BCUT2D eigenvalue weighted by Crippen LogP contribution is 2.23. The van der Waals surface area contributed by atoms with Gasteiger partial charge in [0.1, 0.15) is 6.26 Å². The first-order chi connectivity index (χ1) is 15.1. The number of aliphatic hydroxyl groups excluding tert-OH is 1. The summed E-state index contributed by atoms with van der Waals surface area (Å²) < 4.78 is 5.51. The summed E-state index contributed by atoms with van der Waals surface area (Å²) in [6.45, 7) is 1.01. The van der Waals surface area contributed by atoms with Crippen LogP contribution in [0.4, 0.5) is 0 Å². The molecule has 2 heterocycles. The lowest BCUT2D eigenvalue weighted by Gasteiger charge is -2.21. The summed E-state index contributed by atoms with van der Waals surface area (Å²) in [4.78, 5) is 30.7. The number of benzene rings is 2. The summed E-state index contributed by atoms with van der Waals surface area (Å²) >= 11 is 0. The van der Waals surface area contributed by atoms with Gasteiger partial charge >= 0.3 is 0 Å². The number of hydrogen-bond acceptors (Lipinski definition) is 5. The third-order valence-electron chi connectivity index (χ3n) is 5.47. The van der Waals surface area contributed by atoms with Crippen LogP contribution < -0.4 is 5.32 Å². The van der Waals surface area contributed by atoms with Crippen LogP contribution in [0.2, 0.25) is 0 Å².